The van der Waals surface area contributed by atoms with E-state index in [-0.39, 0.29) is 5.91 Å². The molecule has 3 aromatic rings. The molecule has 0 bridgehead atoms. The lowest BCUT2D eigenvalue weighted by atomic mass is 9.93. The summed E-state index contributed by atoms with van der Waals surface area (Å²) in [5, 5.41) is 1.03. The highest BCUT2D eigenvalue weighted by atomic mass is 16.5. The number of ether oxygens (including phenoxy) is 1. The van der Waals surface area contributed by atoms with Crippen LogP contribution in [0.5, 0.6) is 0 Å². The van der Waals surface area contributed by atoms with Crippen LogP contribution in [0.25, 0.3) is 22.0 Å². The quantitative estimate of drug-likeness (QED) is 0.580. The Morgan fingerprint density at radius 2 is 1.97 bits per heavy atom. The monoisotopic (exact) mass is 458 g/mol. The minimum absolute atomic E-state index is 0.152. The van der Waals surface area contributed by atoms with Crippen molar-refractivity contribution in [3.05, 3.63) is 53.6 Å². The Balaban J connectivity index is 1.55. The molecule has 0 spiro atoms. The summed E-state index contributed by atoms with van der Waals surface area (Å²) in [5.74, 6) is 0.698. The topological polar surface area (TPSA) is 71.7 Å². The molecule has 2 fully saturated rings. The Morgan fingerprint density at radius 3 is 2.76 bits per heavy atom. The summed E-state index contributed by atoms with van der Waals surface area (Å²) in [4.78, 5) is 22.7. The highest BCUT2D eigenvalue weighted by Crippen LogP contribution is 2.34. The van der Waals surface area contributed by atoms with Gasteiger partial charge in [-0.2, -0.15) is 0 Å². The first kappa shape index (κ1) is 22.7. The molecule has 6 heteroatoms. The second-order valence-electron chi connectivity index (χ2n) is 9.48. The van der Waals surface area contributed by atoms with Crippen LogP contribution in [0.2, 0.25) is 0 Å². The van der Waals surface area contributed by atoms with E-state index < -0.39 is 0 Å². The number of amides is 1. The Kier molecular flexibility index (Phi) is 6.42. The summed E-state index contributed by atoms with van der Waals surface area (Å²) in [6.07, 6.45) is 4.36. The molecule has 1 amide bonds. The molecule has 1 atom stereocenters. The van der Waals surface area contributed by atoms with Crippen LogP contribution in [0.1, 0.15) is 48.5 Å². The van der Waals surface area contributed by atoms with Gasteiger partial charge in [0.1, 0.15) is 5.82 Å². The van der Waals surface area contributed by atoms with Crippen molar-refractivity contribution in [2.24, 2.45) is 0 Å². The van der Waals surface area contributed by atoms with Crippen molar-refractivity contribution in [3.8, 4) is 11.1 Å². The molecule has 0 radical (unpaired) electrons. The summed E-state index contributed by atoms with van der Waals surface area (Å²) in [6.45, 7) is 8.14. The number of benzene rings is 2. The van der Waals surface area contributed by atoms with Gasteiger partial charge in [0.05, 0.1) is 24.4 Å². The first-order valence-electron chi connectivity index (χ1n) is 12.5. The van der Waals surface area contributed by atoms with Gasteiger partial charge >= 0.3 is 0 Å². The molecule has 178 valence electrons. The third-order valence-corrected chi connectivity index (χ3v) is 7.23. The second kappa shape index (κ2) is 9.63. The van der Waals surface area contributed by atoms with Gasteiger partial charge in [0.2, 0.25) is 0 Å². The van der Waals surface area contributed by atoms with Crippen LogP contribution < -0.4 is 10.6 Å². The van der Waals surface area contributed by atoms with Crippen LogP contribution in [0.15, 0.2) is 42.5 Å². The molecule has 2 aromatic carbocycles. The number of nitrogens with two attached hydrogens (primary N) is 1. The fraction of sp³-hybridized carbons (Fsp3) is 0.429. The fourth-order valence-electron chi connectivity index (χ4n) is 5.51. The zero-order valence-corrected chi connectivity index (χ0v) is 20.2. The van der Waals surface area contributed by atoms with E-state index in [1.54, 1.807) is 0 Å². The number of fused-ring (bicyclic) bond motifs is 1. The van der Waals surface area contributed by atoms with Crippen LogP contribution in [0, 0.1) is 6.92 Å². The van der Waals surface area contributed by atoms with Gasteiger partial charge in [-0.25, -0.2) is 4.98 Å². The molecular formula is C28H34N4O2. The van der Waals surface area contributed by atoms with Crippen LogP contribution in [-0.2, 0) is 4.74 Å². The molecule has 5 rings (SSSR count). The molecule has 2 saturated heterocycles. The molecule has 34 heavy (non-hydrogen) atoms. The first-order valence-corrected chi connectivity index (χ1v) is 12.5. The van der Waals surface area contributed by atoms with E-state index in [0.29, 0.717) is 25.1 Å². The van der Waals surface area contributed by atoms with Gasteiger partial charge in [-0.3, -0.25) is 4.79 Å². The van der Waals surface area contributed by atoms with Crippen molar-refractivity contribution in [1.29, 1.82) is 0 Å². The van der Waals surface area contributed by atoms with Gasteiger partial charge < -0.3 is 20.3 Å². The lowest BCUT2D eigenvalue weighted by Gasteiger charge is -2.29. The molecule has 0 saturated carbocycles. The van der Waals surface area contributed by atoms with E-state index in [1.165, 1.54) is 0 Å². The molecule has 2 aliphatic rings. The van der Waals surface area contributed by atoms with Crippen LogP contribution >= 0.6 is 0 Å². The lowest BCUT2D eigenvalue weighted by molar-refractivity contribution is 0.0730. The van der Waals surface area contributed by atoms with Crippen molar-refractivity contribution in [2.45, 2.75) is 45.6 Å². The number of aromatic nitrogens is 1. The van der Waals surface area contributed by atoms with Crippen LogP contribution in [-0.4, -0.2) is 54.7 Å². The maximum Gasteiger partial charge on any atom is 0.254 e. The van der Waals surface area contributed by atoms with Crippen molar-refractivity contribution < 1.29 is 9.53 Å². The van der Waals surface area contributed by atoms with E-state index in [0.717, 1.165) is 84.2 Å². The van der Waals surface area contributed by atoms with Crippen LogP contribution in [0.4, 0.5) is 11.5 Å². The first-order chi connectivity index (χ1) is 16.6. The predicted octanol–water partition coefficient (Wildman–Crippen LogP) is 5.03. The molecular weight excluding hydrogens is 424 g/mol. The average Bonchev–Trinajstić information content (AvgIpc) is 3.32. The van der Waals surface area contributed by atoms with Gasteiger partial charge in [0.15, 0.2) is 0 Å². The van der Waals surface area contributed by atoms with E-state index in [2.05, 4.69) is 52.9 Å². The summed E-state index contributed by atoms with van der Waals surface area (Å²) in [6, 6.07) is 14.8. The van der Waals surface area contributed by atoms with E-state index in [9.17, 15) is 4.79 Å². The third-order valence-electron chi connectivity index (χ3n) is 7.23. The Labute approximate surface area is 201 Å². The van der Waals surface area contributed by atoms with Crippen molar-refractivity contribution >= 4 is 28.3 Å². The lowest BCUT2D eigenvalue weighted by Crippen LogP contribution is -2.36. The summed E-state index contributed by atoms with van der Waals surface area (Å²) >= 11 is 0. The standard InChI is InChI=1S/C28H34N4O2/c1-3-6-22-8-5-12-32(22)28(33)23-9-4-7-19(2)26(23)20-10-11-24-21(17-20)18-25(27(29)30-24)31-13-15-34-16-14-31/h4,7,9-11,17-18,22H,3,5-6,8,12-16H2,1-2H3,(H2,29,30). The number of hydrogen-bond acceptors (Lipinski definition) is 5. The number of likely N-dealkylation sites (tertiary alicyclic amines) is 1. The van der Waals surface area contributed by atoms with Gasteiger partial charge in [0, 0.05) is 36.6 Å². The summed E-state index contributed by atoms with van der Waals surface area (Å²) in [5.41, 5.74) is 12.1. The van der Waals surface area contributed by atoms with Gasteiger partial charge in [-0.15, -0.1) is 0 Å². The van der Waals surface area contributed by atoms with Crippen LogP contribution in [0.3, 0.4) is 0 Å². The van der Waals surface area contributed by atoms with E-state index >= 15 is 0 Å². The number of rotatable bonds is 5. The van der Waals surface area contributed by atoms with Crippen molar-refractivity contribution in [2.75, 3.05) is 43.5 Å². The third kappa shape index (κ3) is 4.23. The maximum atomic E-state index is 13.7. The fourth-order valence-corrected chi connectivity index (χ4v) is 5.51. The number of nitrogen functional groups attached to an aromatic ring is 1. The van der Waals surface area contributed by atoms with Crippen molar-refractivity contribution in [3.63, 3.8) is 0 Å². The average molecular weight is 459 g/mol. The molecule has 2 N–H and O–H groups in total. The number of anilines is 2. The maximum absolute atomic E-state index is 13.7. The number of morpholine rings is 1. The van der Waals surface area contributed by atoms with Gasteiger partial charge in [-0.1, -0.05) is 31.5 Å². The molecule has 0 aliphatic carbocycles. The zero-order valence-electron chi connectivity index (χ0n) is 20.2. The normalized spacial score (nSPS) is 18.6. The van der Waals surface area contributed by atoms with E-state index in [4.69, 9.17) is 10.5 Å². The Hall–Kier alpha value is -3.12. The van der Waals surface area contributed by atoms with Gasteiger partial charge in [-0.05, 0) is 67.1 Å². The smallest absolute Gasteiger partial charge is 0.254 e. The van der Waals surface area contributed by atoms with E-state index in [1.807, 2.05) is 18.2 Å². The highest BCUT2D eigenvalue weighted by molar-refractivity contribution is 6.03. The molecule has 1 aromatic heterocycles. The van der Waals surface area contributed by atoms with Crippen molar-refractivity contribution in [1.82, 2.24) is 9.88 Å². The number of nitrogens with zero attached hydrogens (tertiary/aromatic N) is 3. The minimum Gasteiger partial charge on any atom is -0.382 e. The SMILES string of the molecule is CCCC1CCCN1C(=O)c1cccc(C)c1-c1ccc2nc(N)c(N3CCOCC3)cc2c1. The molecule has 6 nitrogen and oxygen atoms in total. The largest absolute Gasteiger partial charge is 0.382 e. The number of pyridine rings is 1. The number of aryl methyl sites for hydroxylation is 1. The molecule has 3 heterocycles. The van der Waals surface area contributed by atoms with Gasteiger partial charge in [0.25, 0.3) is 5.91 Å². The Morgan fingerprint density at radius 1 is 1.15 bits per heavy atom. The molecule has 2 aliphatic heterocycles. The Bertz CT molecular complexity index is 1200. The minimum atomic E-state index is 0.152. The zero-order chi connectivity index (χ0) is 23.7. The molecule has 1 unspecified atom stereocenters. The number of carbonyl (C=O) groups excluding carboxylic acids is 1. The number of hydrogen-bond donors (Lipinski definition) is 1. The predicted molar refractivity (Wildman–Crippen MR) is 138 cm³/mol. The summed E-state index contributed by atoms with van der Waals surface area (Å²) in [7, 11) is 0. The number of carbonyl (C=O) groups is 1. The second-order valence-corrected chi connectivity index (χ2v) is 9.48. The summed E-state index contributed by atoms with van der Waals surface area (Å²) < 4.78 is 5.50. The highest BCUT2D eigenvalue weighted by Gasteiger charge is 2.30.